The van der Waals surface area contributed by atoms with Crippen LogP contribution in [0, 0.1) is 25.2 Å². The van der Waals surface area contributed by atoms with E-state index in [2.05, 4.69) is 205 Å². The van der Waals surface area contributed by atoms with Gasteiger partial charge in [0.2, 0.25) is 0 Å². The van der Waals surface area contributed by atoms with Gasteiger partial charge in [0.25, 0.3) is 0 Å². The molecule has 12 rings (SSSR count). The van der Waals surface area contributed by atoms with Crippen molar-refractivity contribution >= 4 is 43.6 Å². The Labute approximate surface area is 382 Å². The van der Waals surface area contributed by atoms with E-state index in [1.54, 1.807) is 0 Å². The van der Waals surface area contributed by atoms with E-state index < -0.39 is 0 Å². The lowest BCUT2D eigenvalue weighted by Crippen LogP contribution is -2.06. The number of nitriles is 1. The third kappa shape index (κ3) is 6.38. The molecule has 0 atom stereocenters. The topological polar surface area (TPSA) is 59.4 Å². The van der Waals surface area contributed by atoms with Crippen LogP contribution in [0.5, 0.6) is 0 Å². The maximum Gasteiger partial charge on any atom is 0.160 e. The maximum atomic E-state index is 11.7. The fourth-order valence-corrected chi connectivity index (χ4v) is 9.89. The number of rotatable bonds is 7. The number of aromatic nitrogens is 4. The van der Waals surface area contributed by atoms with Crippen LogP contribution in [0.15, 0.2) is 212 Å². The van der Waals surface area contributed by atoms with Gasteiger partial charge >= 0.3 is 0 Å². The molecule has 0 saturated carbocycles. The van der Waals surface area contributed by atoms with Crippen molar-refractivity contribution in [2.24, 2.45) is 0 Å². The molecule has 0 radical (unpaired) electrons. The smallest absolute Gasteiger partial charge is 0.160 e. The lowest BCUT2D eigenvalue weighted by Gasteiger charge is -2.19. The average molecular weight is 844 g/mol. The number of fused-ring (bicyclic) bond motifs is 6. The highest BCUT2D eigenvalue weighted by atomic mass is 15.0. The van der Waals surface area contributed by atoms with Crippen molar-refractivity contribution < 1.29 is 0 Å². The summed E-state index contributed by atoms with van der Waals surface area (Å²) < 4.78 is 4.55. The van der Waals surface area contributed by atoms with E-state index >= 15 is 0 Å². The average Bonchev–Trinajstić information content (AvgIpc) is 3.88. The summed E-state index contributed by atoms with van der Waals surface area (Å²) in [5, 5.41) is 16.1. The van der Waals surface area contributed by atoms with E-state index in [1.807, 2.05) is 36.4 Å². The Balaban J connectivity index is 1.19. The summed E-state index contributed by atoms with van der Waals surface area (Å²) in [7, 11) is 0. The molecule has 5 nitrogen and oxygen atoms in total. The zero-order valence-corrected chi connectivity index (χ0v) is 36.4. The number of nitrogens with zero attached hydrogens (tertiary/aromatic N) is 5. The molecule has 0 saturated heterocycles. The number of hydrogen-bond acceptors (Lipinski definition) is 3. The highest BCUT2D eigenvalue weighted by Crippen LogP contribution is 2.42. The summed E-state index contributed by atoms with van der Waals surface area (Å²) in [6.45, 7) is 4.32. The third-order valence-corrected chi connectivity index (χ3v) is 13.1. The van der Waals surface area contributed by atoms with Gasteiger partial charge in [-0.1, -0.05) is 158 Å². The molecule has 0 amide bonds. The van der Waals surface area contributed by atoms with Crippen molar-refractivity contribution in [1.29, 1.82) is 5.26 Å². The van der Waals surface area contributed by atoms with Gasteiger partial charge in [-0.15, -0.1) is 0 Å². The highest BCUT2D eigenvalue weighted by Gasteiger charge is 2.24. The van der Waals surface area contributed by atoms with Crippen molar-refractivity contribution in [3.05, 3.63) is 229 Å². The van der Waals surface area contributed by atoms with Gasteiger partial charge in [-0.3, -0.25) is 0 Å². The summed E-state index contributed by atoms with van der Waals surface area (Å²) in [5.41, 5.74) is 17.6. The van der Waals surface area contributed by atoms with Gasteiger partial charge in [-0.05, 0) is 102 Å². The number of aryl methyl sites for hydroxylation is 2. The Morgan fingerprint density at radius 1 is 0.364 bits per heavy atom. The van der Waals surface area contributed by atoms with Crippen molar-refractivity contribution in [2.45, 2.75) is 13.8 Å². The van der Waals surface area contributed by atoms with Crippen molar-refractivity contribution in [2.75, 3.05) is 0 Å². The molecule has 0 aliphatic rings. The molecular weight excluding hydrogens is 803 g/mol. The van der Waals surface area contributed by atoms with Crippen LogP contribution >= 0.6 is 0 Å². The molecule has 0 spiro atoms. The van der Waals surface area contributed by atoms with Gasteiger partial charge in [-0.2, -0.15) is 5.26 Å². The van der Waals surface area contributed by atoms with E-state index in [-0.39, 0.29) is 0 Å². The fourth-order valence-electron chi connectivity index (χ4n) is 9.89. The van der Waals surface area contributed by atoms with Crippen molar-refractivity contribution in [1.82, 2.24) is 19.1 Å². The zero-order valence-electron chi connectivity index (χ0n) is 36.4. The molecule has 0 unspecified atom stereocenters. The Morgan fingerprint density at radius 2 is 0.788 bits per heavy atom. The van der Waals surface area contributed by atoms with Crippen LogP contribution in [-0.2, 0) is 0 Å². The molecule has 310 valence electrons. The molecule has 3 heterocycles. The lowest BCUT2D eigenvalue weighted by molar-refractivity contribution is 1.11. The minimum atomic E-state index is 0.552. The Bertz CT molecular complexity index is 3660. The van der Waals surface area contributed by atoms with Crippen molar-refractivity contribution in [3.63, 3.8) is 0 Å². The summed E-state index contributed by atoms with van der Waals surface area (Å²) in [4.78, 5) is 10.5. The number of para-hydroxylation sites is 2. The van der Waals surface area contributed by atoms with Crippen LogP contribution in [0.1, 0.15) is 16.7 Å². The highest BCUT2D eigenvalue weighted by molar-refractivity contribution is 6.12. The minimum Gasteiger partial charge on any atom is -0.308 e. The Kier molecular flexibility index (Phi) is 9.25. The van der Waals surface area contributed by atoms with Gasteiger partial charge in [0.05, 0.1) is 44.8 Å². The van der Waals surface area contributed by atoms with Crippen LogP contribution < -0.4 is 0 Å². The first-order chi connectivity index (χ1) is 32.5. The molecule has 0 N–H and O–H groups in total. The second-order valence-corrected chi connectivity index (χ2v) is 17.0. The maximum absolute atomic E-state index is 11.7. The van der Waals surface area contributed by atoms with E-state index in [9.17, 15) is 5.26 Å². The lowest BCUT2D eigenvalue weighted by atomic mass is 9.98. The normalized spacial score (nSPS) is 11.5. The zero-order chi connectivity index (χ0) is 44.3. The minimum absolute atomic E-state index is 0.552. The molecule has 9 aromatic carbocycles. The first-order valence-corrected chi connectivity index (χ1v) is 22.3. The fraction of sp³-hybridized carbons (Fsp3) is 0.0328. The van der Waals surface area contributed by atoms with E-state index in [4.69, 9.17) is 9.97 Å². The van der Waals surface area contributed by atoms with Crippen LogP contribution in [0.3, 0.4) is 0 Å². The van der Waals surface area contributed by atoms with Crippen LogP contribution in [-0.4, -0.2) is 19.1 Å². The first-order valence-electron chi connectivity index (χ1n) is 22.3. The number of benzene rings is 9. The molecule has 3 aromatic heterocycles. The standard InChI is InChI=1S/C61H41N5/c1-39-17-9-11-23-46(39)43-29-31-57-50(33-43)48-25-13-15-27-55(48)65(57)59-35-45(54-37-53(41-19-5-3-6-20-41)63-61(64-54)42-21-7-4-8-22-42)36-60(52(59)38-62)66-56-28-16-14-26-49(56)51-34-44(30-32-58(51)66)47-24-12-10-18-40(47)2/h3-37H,1-2H3. The van der Waals surface area contributed by atoms with Crippen LogP contribution in [0.2, 0.25) is 0 Å². The monoisotopic (exact) mass is 843 g/mol. The van der Waals surface area contributed by atoms with Gasteiger partial charge in [0, 0.05) is 38.2 Å². The molecule has 0 bridgehead atoms. The van der Waals surface area contributed by atoms with Gasteiger partial charge < -0.3 is 9.13 Å². The summed E-state index contributed by atoms with van der Waals surface area (Å²) in [6.07, 6.45) is 0. The number of hydrogen-bond donors (Lipinski definition) is 0. The second-order valence-electron chi connectivity index (χ2n) is 17.0. The molecule has 0 aliphatic heterocycles. The van der Waals surface area contributed by atoms with E-state index in [0.29, 0.717) is 11.4 Å². The van der Waals surface area contributed by atoms with Gasteiger partial charge in [0.1, 0.15) is 11.6 Å². The summed E-state index contributed by atoms with van der Waals surface area (Å²) in [5.74, 6) is 0.626. The van der Waals surface area contributed by atoms with Gasteiger partial charge in [0.15, 0.2) is 5.82 Å². The Hall–Kier alpha value is -8.85. The molecular formula is C61H41N5. The predicted molar refractivity (Wildman–Crippen MR) is 272 cm³/mol. The molecule has 0 aliphatic carbocycles. The van der Waals surface area contributed by atoms with Crippen LogP contribution in [0.4, 0.5) is 0 Å². The molecule has 5 heteroatoms. The molecule has 0 fully saturated rings. The molecule has 66 heavy (non-hydrogen) atoms. The van der Waals surface area contributed by atoms with E-state index in [0.717, 1.165) is 94.2 Å². The summed E-state index contributed by atoms with van der Waals surface area (Å²) >= 11 is 0. The van der Waals surface area contributed by atoms with E-state index in [1.165, 1.54) is 22.3 Å². The molecule has 12 aromatic rings. The van der Waals surface area contributed by atoms with Crippen LogP contribution in [0.25, 0.3) is 111 Å². The largest absolute Gasteiger partial charge is 0.308 e. The second kappa shape index (κ2) is 15.7. The van der Waals surface area contributed by atoms with Gasteiger partial charge in [-0.25, -0.2) is 9.97 Å². The quantitative estimate of drug-likeness (QED) is 0.161. The Morgan fingerprint density at radius 3 is 1.29 bits per heavy atom. The van der Waals surface area contributed by atoms with Crippen molar-refractivity contribution in [3.8, 4) is 73.6 Å². The predicted octanol–water partition coefficient (Wildman–Crippen LogP) is 15.5. The third-order valence-electron chi connectivity index (χ3n) is 13.1. The first kappa shape index (κ1) is 38.8. The summed E-state index contributed by atoms with van der Waals surface area (Å²) in [6, 6.07) is 77.1. The SMILES string of the molecule is Cc1ccccc1-c1ccc2c(c1)c1ccccc1n2-c1cc(-c2cc(-c3ccccc3)nc(-c3ccccc3)n2)cc(-n2c3ccccc3c3cc(-c4ccccc4C)ccc32)c1C#N.